The first kappa shape index (κ1) is 17.1. The Bertz CT molecular complexity index is 1430. The minimum absolute atomic E-state index is 0.669. The van der Waals surface area contributed by atoms with E-state index in [1.807, 2.05) is 48.5 Å². The maximum absolute atomic E-state index is 9.34. The van der Waals surface area contributed by atoms with E-state index in [9.17, 15) is 5.26 Å². The molecule has 0 aliphatic carbocycles. The Balaban J connectivity index is 1.84. The Hall–Kier alpha value is -4.03. The monoisotopic (exact) mass is 373 g/mol. The second-order valence-corrected chi connectivity index (χ2v) is 7.28. The quantitative estimate of drug-likeness (QED) is 0.374. The molecule has 0 atom stereocenters. The molecular weight excluding hydrogens is 354 g/mol. The fourth-order valence-corrected chi connectivity index (χ4v) is 4.10. The number of hydrogen-bond acceptors (Lipinski definition) is 2. The van der Waals surface area contributed by atoms with Gasteiger partial charge in [-0.05, 0) is 60.5 Å². The summed E-state index contributed by atoms with van der Waals surface area (Å²) >= 11 is 0. The van der Waals surface area contributed by atoms with E-state index in [4.69, 9.17) is 5.73 Å². The van der Waals surface area contributed by atoms with Gasteiger partial charge in [-0.1, -0.05) is 42.5 Å². The van der Waals surface area contributed by atoms with Crippen molar-refractivity contribution in [1.29, 1.82) is 5.26 Å². The van der Waals surface area contributed by atoms with Crippen molar-refractivity contribution in [2.24, 2.45) is 0 Å². The van der Waals surface area contributed by atoms with E-state index in [1.165, 1.54) is 5.56 Å². The lowest BCUT2D eigenvalue weighted by molar-refractivity contribution is 1.17. The lowest BCUT2D eigenvalue weighted by Gasteiger charge is -2.14. The van der Waals surface area contributed by atoms with Crippen LogP contribution in [0.15, 0.2) is 84.9 Å². The second-order valence-electron chi connectivity index (χ2n) is 7.28. The smallest absolute Gasteiger partial charge is 0.0991 e. The van der Waals surface area contributed by atoms with Crippen LogP contribution >= 0.6 is 0 Å². The van der Waals surface area contributed by atoms with E-state index in [2.05, 4.69) is 54.0 Å². The van der Waals surface area contributed by atoms with Gasteiger partial charge in [-0.3, -0.25) is 0 Å². The van der Waals surface area contributed by atoms with Crippen LogP contribution < -0.4 is 5.73 Å². The van der Waals surface area contributed by atoms with Crippen molar-refractivity contribution in [2.45, 2.75) is 6.92 Å². The van der Waals surface area contributed by atoms with Crippen molar-refractivity contribution in [2.75, 3.05) is 5.73 Å². The number of nitrogens with zero attached hydrogens (tertiary/aromatic N) is 2. The number of aryl methyl sites for hydroxylation is 1. The number of nitrogens with two attached hydrogens (primary N) is 1. The van der Waals surface area contributed by atoms with Crippen LogP contribution in [0.5, 0.6) is 0 Å². The Morgan fingerprint density at radius 1 is 0.759 bits per heavy atom. The molecule has 5 aromatic rings. The molecule has 0 aliphatic heterocycles. The van der Waals surface area contributed by atoms with Crippen LogP contribution in [0.2, 0.25) is 0 Å². The molecule has 5 rings (SSSR count). The summed E-state index contributed by atoms with van der Waals surface area (Å²) in [6.07, 6.45) is 0. The van der Waals surface area contributed by atoms with E-state index in [-0.39, 0.29) is 0 Å². The third kappa shape index (κ3) is 2.66. The molecule has 0 spiro atoms. The first-order valence-corrected chi connectivity index (χ1v) is 9.56. The Morgan fingerprint density at radius 2 is 1.52 bits per heavy atom. The predicted octanol–water partition coefficient (Wildman–Crippen LogP) is 6.21. The minimum atomic E-state index is 0.669. The van der Waals surface area contributed by atoms with Crippen molar-refractivity contribution in [3.63, 3.8) is 0 Å². The molecule has 29 heavy (non-hydrogen) atoms. The van der Waals surface area contributed by atoms with Gasteiger partial charge in [0, 0.05) is 27.7 Å². The Labute approximate surface area is 169 Å². The van der Waals surface area contributed by atoms with Crippen LogP contribution in [0, 0.1) is 18.3 Å². The number of anilines is 1. The topological polar surface area (TPSA) is 54.7 Å². The van der Waals surface area contributed by atoms with E-state index >= 15 is 0 Å². The zero-order valence-electron chi connectivity index (χ0n) is 16.1. The molecule has 0 radical (unpaired) electrons. The molecule has 1 heterocycles. The summed E-state index contributed by atoms with van der Waals surface area (Å²) in [4.78, 5) is 0. The van der Waals surface area contributed by atoms with Gasteiger partial charge in [-0.25, -0.2) is 0 Å². The number of benzene rings is 4. The Kier molecular flexibility index (Phi) is 3.86. The van der Waals surface area contributed by atoms with Gasteiger partial charge in [0.25, 0.3) is 0 Å². The summed E-state index contributed by atoms with van der Waals surface area (Å²) in [5, 5.41) is 11.6. The van der Waals surface area contributed by atoms with E-state index < -0.39 is 0 Å². The SMILES string of the molecule is Cc1ccc(-n2c3ccccc3c3cc(C#N)ccc32)cc1-c1ccccc1N. The number of hydrogen-bond donors (Lipinski definition) is 1. The largest absolute Gasteiger partial charge is 0.398 e. The highest BCUT2D eigenvalue weighted by Crippen LogP contribution is 2.35. The highest BCUT2D eigenvalue weighted by atomic mass is 15.0. The first-order chi connectivity index (χ1) is 14.2. The highest BCUT2D eigenvalue weighted by Gasteiger charge is 2.14. The predicted molar refractivity (Wildman–Crippen MR) is 120 cm³/mol. The number of fused-ring (bicyclic) bond motifs is 3. The van der Waals surface area contributed by atoms with Gasteiger partial charge in [0.15, 0.2) is 0 Å². The van der Waals surface area contributed by atoms with Gasteiger partial charge in [-0.15, -0.1) is 0 Å². The summed E-state index contributed by atoms with van der Waals surface area (Å²) in [6.45, 7) is 2.11. The van der Waals surface area contributed by atoms with E-state index in [0.29, 0.717) is 5.56 Å². The summed E-state index contributed by atoms with van der Waals surface area (Å²) in [5.74, 6) is 0. The molecule has 138 valence electrons. The fraction of sp³-hybridized carbons (Fsp3) is 0.0385. The van der Waals surface area contributed by atoms with E-state index in [1.54, 1.807) is 0 Å². The Morgan fingerprint density at radius 3 is 2.34 bits per heavy atom. The number of aromatic nitrogens is 1. The van der Waals surface area contributed by atoms with Crippen molar-refractivity contribution in [1.82, 2.24) is 4.57 Å². The van der Waals surface area contributed by atoms with Crippen LogP contribution in [0.25, 0.3) is 38.6 Å². The maximum Gasteiger partial charge on any atom is 0.0991 e. The van der Waals surface area contributed by atoms with Gasteiger partial charge in [-0.2, -0.15) is 5.26 Å². The molecule has 4 aromatic carbocycles. The number of nitriles is 1. The zero-order valence-corrected chi connectivity index (χ0v) is 16.1. The molecule has 2 N–H and O–H groups in total. The molecule has 3 heteroatoms. The first-order valence-electron chi connectivity index (χ1n) is 9.56. The van der Waals surface area contributed by atoms with Crippen molar-refractivity contribution in [3.8, 4) is 22.9 Å². The van der Waals surface area contributed by atoms with Gasteiger partial charge < -0.3 is 10.3 Å². The minimum Gasteiger partial charge on any atom is -0.398 e. The highest BCUT2D eigenvalue weighted by molar-refractivity contribution is 6.09. The lowest BCUT2D eigenvalue weighted by atomic mass is 9.98. The summed E-state index contributed by atoms with van der Waals surface area (Å²) in [7, 11) is 0. The molecule has 3 nitrogen and oxygen atoms in total. The molecule has 0 saturated heterocycles. The van der Waals surface area contributed by atoms with Crippen LogP contribution in [0.4, 0.5) is 5.69 Å². The number of para-hydroxylation sites is 2. The van der Waals surface area contributed by atoms with Crippen LogP contribution in [0.3, 0.4) is 0 Å². The average molecular weight is 373 g/mol. The van der Waals surface area contributed by atoms with Crippen LogP contribution in [0.1, 0.15) is 11.1 Å². The third-order valence-corrected chi connectivity index (χ3v) is 5.53. The molecule has 0 bridgehead atoms. The fourth-order valence-electron chi connectivity index (χ4n) is 4.10. The van der Waals surface area contributed by atoms with Crippen molar-refractivity contribution >= 4 is 27.5 Å². The maximum atomic E-state index is 9.34. The zero-order chi connectivity index (χ0) is 20.0. The van der Waals surface area contributed by atoms with Gasteiger partial charge in [0.1, 0.15) is 0 Å². The van der Waals surface area contributed by atoms with Gasteiger partial charge >= 0.3 is 0 Å². The van der Waals surface area contributed by atoms with Crippen LogP contribution in [-0.4, -0.2) is 4.57 Å². The van der Waals surface area contributed by atoms with Crippen molar-refractivity contribution in [3.05, 3.63) is 96.1 Å². The molecule has 0 saturated carbocycles. The lowest BCUT2D eigenvalue weighted by Crippen LogP contribution is -1.97. The van der Waals surface area contributed by atoms with E-state index in [0.717, 1.165) is 44.3 Å². The standard InChI is InChI=1S/C26H19N3/c1-17-10-12-19(15-22(17)20-6-2-4-8-24(20)28)29-25-9-5-3-7-21(25)23-14-18(16-27)11-13-26(23)29/h2-15H,28H2,1H3. The molecule has 1 aromatic heterocycles. The van der Waals surface area contributed by atoms with Crippen molar-refractivity contribution < 1.29 is 0 Å². The van der Waals surface area contributed by atoms with Gasteiger partial charge in [0.2, 0.25) is 0 Å². The third-order valence-electron chi connectivity index (χ3n) is 5.53. The molecular formula is C26H19N3. The normalized spacial score (nSPS) is 11.0. The van der Waals surface area contributed by atoms with Gasteiger partial charge in [0.05, 0.1) is 22.7 Å². The second kappa shape index (κ2) is 6.54. The average Bonchev–Trinajstić information content (AvgIpc) is 3.08. The van der Waals surface area contributed by atoms with Crippen LogP contribution in [-0.2, 0) is 0 Å². The number of nitrogen functional groups attached to an aromatic ring is 1. The summed E-state index contributed by atoms with van der Waals surface area (Å²) in [5.41, 5.74) is 14.3. The molecule has 0 amide bonds. The molecule has 0 unspecified atom stereocenters. The molecule has 0 aliphatic rings. The number of rotatable bonds is 2. The summed E-state index contributed by atoms with van der Waals surface area (Å²) < 4.78 is 2.26. The summed E-state index contributed by atoms with van der Waals surface area (Å²) in [6, 6.07) is 30.9. The molecule has 0 fully saturated rings.